The van der Waals surface area contributed by atoms with Gasteiger partial charge >= 0.3 is 12.4 Å². The Kier molecular flexibility index (Phi) is 4.52. The lowest BCUT2D eigenvalue weighted by molar-refractivity contribution is -0.189. The molecule has 1 unspecified atom stereocenters. The van der Waals surface area contributed by atoms with E-state index in [0.29, 0.717) is 13.0 Å². The van der Waals surface area contributed by atoms with Crippen LogP contribution in [0.3, 0.4) is 0 Å². The fourth-order valence-corrected chi connectivity index (χ4v) is 1.50. The third-order valence-electron chi connectivity index (χ3n) is 2.34. The van der Waals surface area contributed by atoms with Crippen molar-refractivity contribution in [1.82, 2.24) is 0 Å². The van der Waals surface area contributed by atoms with Gasteiger partial charge in [0, 0.05) is 5.56 Å². The molecule has 9 heteroatoms. The second-order valence-corrected chi connectivity index (χ2v) is 4.31. The Morgan fingerprint density at radius 3 is 2.15 bits per heavy atom. The fraction of sp³-hybridized carbons (Fsp3) is 0.364. The number of alkyl halides is 6. The Hall–Kier alpha value is -1.51. The summed E-state index contributed by atoms with van der Waals surface area (Å²) in [4.78, 5) is -0.507. The normalized spacial score (nSPS) is 13.9. The molecule has 0 bridgehead atoms. The zero-order valence-corrected chi connectivity index (χ0v) is 10.8. The molecule has 20 heavy (non-hydrogen) atoms. The van der Waals surface area contributed by atoms with Gasteiger partial charge in [0.25, 0.3) is 0 Å². The van der Waals surface area contributed by atoms with Crippen LogP contribution in [-0.2, 0) is 6.18 Å². The van der Waals surface area contributed by atoms with Gasteiger partial charge in [0.1, 0.15) is 10.7 Å². The maximum absolute atomic E-state index is 12.8. The summed E-state index contributed by atoms with van der Waals surface area (Å²) in [6.45, 7) is 0.689. The number of rotatable bonds is 3. The summed E-state index contributed by atoms with van der Waals surface area (Å²) in [5, 5.41) is 0. The average molecular weight is 317 g/mol. The molecule has 112 valence electrons. The van der Waals surface area contributed by atoms with E-state index in [-0.39, 0.29) is 0 Å². The first-order chi connectivity index (χ1) is 8.93. The van der Waals surface area contributed by atoms with Gasteiger partial charge in [-0.2, -0.15) is 26.3 Å². The lowest BCUT2D eigenvalue weighted by Crippen LogP contribution is -2.31. The largest absolute Gasteiger partial charge is 0.481 e. The van der Waals surface area contributed by atoms with Crippen LogP contribution < -0.4 is 10.5 Å². The molecule has 0 heterocycles. The van der Waals surface area contributed by atoms with Gasteiger partial charge in [-0.15, -0.1) is 0 Å². The lowest BCUT2D eigenvalue weighted by Gasteiger charge is -2.19. The van der Waals surface area contributed by atoms with E-state index in [1.165, 1.54) is 0 Å². The van der Waals surface area contributed by atoms with Crippen LogP contribution in [0.25, 0.3) is 0 Å². The molecule has 0 radical (unpaired) electrons. The van der Waals surface area contributed by atoms with Crippen molar-refractivity contribution in [2.45, 2.75) is 25.4 Å². The Bertz CT molecular complexity index is 511. The second kappa shape index (κ2) is 5.47. The number of halogens is 6. The van der Waals surface area contributed by atoms with E-state index in [2.05, 4.69) is 17.0 Å². The summed E-state index contributed by atoms with van der Waals surface area (Å²) in [5.74, 6) is -0.567. The molecule has 0 aromatic heterocycles. The molecule has 1 rings (SSSR count). The van der Waals surface area contributed by atoms with Crippen LogP contribution in [0.2, 0.25) is 0 Å². The first-order valence-electron chi connectivity index (χ1n) is 5.17. The van der Waals surface area contributed by atoms with E-state index in [1.807, 2.05) is 0 Å². The Balaban J connectivity index is 3.17. The predicted molar refractivity (Wildman–Crippen MR) is 63.5 cm³/mol. The molecule has 0 aliphatic rings. The third kappa shape index (κ3) is 3.99. The van der Waals surface area contributed by atoms with Crippen molar-refractivity contribution in [3.05, 3.63) is 29.3 Å². The molecule has 0 amide bonds. The Morgan fingerprint density at radius 2 is 1.75 bits per heavy atom. The topological polar surface area (TPSA) is 35.2 Å². The highest BCUT2D eigenvalue weighted by atomic mass is 32.1. The maximum Gasteiger partial charge on any atom is 0.425 e. The van der Waals surface area contributed by atoms with Gasteiger partial charge in [-0.3, -0.25) is 0 Å². The number of nitrogens with two attached hydrogens (primary N) is 1. The number of benzene rings is 1. The van der Waals surface area contributed by atoms with Crippen LogP contribution in [0.1, 0.15) is 18.1 Å². The summed E-state index contributed by atoms with van der Waals surface area (Å²) in [6, 6.07) is 2.27. The van der Waals surface area contributed by atoms with Crippen LogP contribution in [0, 0.1) is 0 Å². The van der Waals surface area contributed by atoms with Crippen LogP contribution >= 0.6 is 12.2 Å². The third-order valence-corrected chi connectivity index (χ3v) is 2.56. The quantitative estimate of drug-likeness (QED) is 0.682. The zero-order chi connectivity index (χ0) is 15.7. The molecule has 1 aromatic rings. The van der Waals surface area contributed by atoms with Gasteiger partial charge in [0.2, 0.25) is 0 Å². The highest BCUT2D eigenvalue weighted by Crippen LogP contribution is 2.35. The van der Waals surface area contributed by atoms with Gasteiger partial charge in [-0.25, -0.2) is 0 Å². The molecule has 1 atom stereocenters. The molecule has 0 aliphatic carbocycles. The maximum atomic E-state index is 12.8. The van der Waals surface area contributed by atoms with Gasteiger partial charge in [0.05, 0.1) is 5.56 Å². The summed E-state index contributed by atoms with van der Waals surface area (Å²) in [7, 11) is 0. The monoisotopic (exact) mass is 317 g/mol. The standard InChI is InChI=1S/C11H9F6NOS/c1-5(10(12,13)14)19-6-2-3-7(9(18)20)8(4-6)11(15,16)17/h2-5H,1H3,(H2,18,20). The highest BCUT2D eigenvalue weighted by Gasteiger charge is 2.39. The molecular weight excluding hydrogens is 308 g/mol. The van der Waals surface area contributed by atoms with Gasteiger partial charge < -0.3 is 10.5 Å². The SMILES string of the molecule is CC(Oc1ccc(C(N)=S)c(C(F)(F)F)c1)C(F)(F)F. The number of hydrogen-bond acceptors (Lipinski definition) is 2. The van der Waals surface area contributed by atoms with E-state index < -0.39 is 40.3 Å². The first-order valence-corrected chi connectivity index (χ1v) is 5.58. The highest BCUT2D eigenvalue weighted by molar-refractivity contribution is 7.80. The van der Waals surface area contributed by atoms with Crippen LogP contribution in [0.4, 0.5) is 26.3 Å². The summed E-state index contributed by atoms with van der Waals surface area (Å²) < 4.78 is 79.6. The zero-order valence-electron chi connectivity index (χ0n) is 9.97. The van der Waals surface area contributed by atoms with Crippen LogP contribution in [0.15, 0.2) is 18.2 Å². The molecule has 0 spiro atoms. The predicted octanol–water partition coefficient (Wildman–Crippen LogP) is 3.67. The second-order valence-electron chi connectivity index (χ2n) is 3.87. The van der Waals surface area contributed by atoms with E-state index in [1.54, 1.807) is 0 Å². The summed E-state index contributed by atoms with van der Waals surface area (Å²) >= 11 is 4.47. The molecule has 0 saturated heterocycles. The minimum Gasteiger partial charge on any atom is -0.481 e. The Labute approximate surface area is 115 Å². The van der Waals surface area contributed by atoms with Gasteiger partial charge in [-0.1, -0.05) is 12.2 Å². The average Bonchev–Trinajstić information content (AvgIpc) is 2.26. The van der Waals surface area contributed by atoms with Crippen molar-refractivity contribution in [2.24, 2.45) is 5.73 Å². The molecular formula is C11H9F6NOS. The lowest BCUT2D eigenvalue weighted by atomic mass is 10.1. The first kappa shape index (κ1) is 16.5. The molecule has 2 nitrogen and oxygen atoms in total. The molecule has 2 N–H and O–H groups in total. The summed E-state index contributed by atoms with van der Waals surface area (Å²) in [5.41, 5.74) is 3.43. The smallest absolute Gasteiger partial charge is 0.425 e. The van der Waals surface area contributed by atoms with E-state index in [4.69, 9.17) is 5.73 Å². The van der Waals surface area contributed by atoms with Crippen LogP contribution in [0.5, 0.6) is 5.75 Å². The fourth-order valence-electron chi connectivity index (χ4n) is 1.32. The molecule has 0 fully saturated rings. The van der Waals surface area contributed by atoms with Crippen molar-refractivity contribution in [3.8, 4) is 5.75 Å². The molecule has 1 aromatic carbocycles. The number of thiocarbonyl (C=S) groups is 1. The van der Waals surface area contributed by atoms with Crippen molar-refractivity contribution >= 4 is 17.2 Å². The van der Waals surface area contributed by atoms with Crippen molar-refractivity contribution in [1.29, 1.82) is 0 Å². The molecule has 0 saturated carbocycles. The van der Waals surface area contributed by atoms with E-state index >= 15 is 0 Å². The Morgan fingerprint density at radius 1 is 1.20 bits per heavy atom. The van der Waals surface area contributed by atoms with Gasteiger partial charge in [-0.05, 0) is 25.1 Å². The van der Waals surface area contributed by atoms with E-state index in [9.17, 15) is 26.3 Å². The molecule has 0 aliphatic heterocycles. The van der Waals surface area contributed by atoms with Gasteiger partial charge in [0.15, 0.2) is 6.10 Å². The minimum atomic E-state index is -4.81. The van der Waals surface area contributed by atoms with Crippen molar-refractivity contribution in [3.63, 3.8) is 0 Å². The number of ether oxygens (including phenoxy) is 1. The van der Waals surface area contributed by atoms with Crippen molar-refractivity contribution in [2.75, 3.05) is 0 Å². The number of hydrogen-bond donors (Lipinski definition) is 1. The van der Waals surface area contributed by atoms with Crippen LogP contribution in [-0.4, -0.2) is 17.3 Å². The van der Waals surface area contributed by atoms with Crippen molar-refractivity contribution < 1.29 is 31.1 Å². The minimum absolute atomic E-state index is 0.441. The summed E-state index contributed by atoms with van der Waals surface area (Å²) in [6.07, 6.45) is -11.7. The van der Waals surface area contributed by atoms with E-state index in [0.717, 1.165) is 12.1 Å².